The molecule has 1 heterocycles. The summed E-state index contributed by atoms with van der Waals surface area (Å²) < 4.78 is 10.3. The van der Waals surface area contributed by atoms with Crippen LogP contribution in [0.15, 0.2) is 18.2 Å². The number of rotatable bonds is 6. The van der Waals surface area contributed by atoms with Crippen LogP contribution in [0.3, 0.4) is 0 Å². The van der Waals surface area contributed by atoms with E-state index in [1.54, 1.807) is 18.2 Å². The van der Waals surface area contributed by atoms with Crippen LogP contribution < -0.4 is 20.1 Å². The molecule has 1 atom stereocenters. The Balaban J connectivity index is 1.93. The minimum Gasteiger partial charge on any atom is -0.497 e. The van der Waals surface area contributed by atoms with Gasteiger partial charge in [0.1, 0.15) is 11.5 Å². The van der Waals surface area contributed by atoms with Gasteiger partial charge in [0.15, 0.2) is 0 Å². The summed E-state index contributed by atoms with van der Waals surface area (Å²) in [4.78, 5) is 26.5. The number of likely N-dealkylation sites (N-methyl/N-ethyl adjacent to an activating group) is 1. The fourth-order valence-electron chi connectivity index (χ4n) is 2.92. The average Bonchev–Trinajstić information content (AvgIpc) is 3.06. The minimum absolute atomic E-state index is 0.304. The van der Waals surface area contributed by atoms with Crippen LogP contribution in [0.25, 0.3) is 0 Å². The van der Waals surface area contributed by atoms with Gasteiger partial charge in [0.2, 0.25) is 0 Å². The smallest absolute Gasteiger partial charge is 0.313 e. The summed E-state index contributed by atoms with van der Waals surface area (Å²) in [5, 5.41) is 5.28. The second-order valence-corrected chi connectivity index (χ2v) is 5.66. The summed E-state index contributed by atoms with van der Waals surface area (Å²) in [6, 6.07) is 5.30. The second-order valence-electron chi connectivity index (χ2n) is 5.66. The molecule has 0 aliphatic carbocycles. The monoisotopic (exact) mass is 335 g/mol. The Morgan fingerprint density at radius 3 is 2.71 bits per heavy atom. The lowest BCUT2D eigenvalue weighted by molar-refractivity contribution is -0.136. The number of ether oxygens (including phenoxy) is 2. The van der Waals surface area contributed by atoms with Gasteiger partial charge in [-0.2, -0.15) is 0 Å². The predicted molar refractivity (Wildman–Crippen MR) is 91.5 cm³/mol. The highest BCUT2D eigenvalue weighted by Gasteiger charge is 2.24. The van der Waals surface area contributed by atoms with Gasteiger partial charge in [-0.25, -0.2) is 0 Å². The first-order valence-electron chi connectivity index (χ1n) is 8.14. The number of benzene rings is 1. The van der Waals surface area contributed by atoms with Gasteiger partial charge in [-0.1, -0.05) is 6.92 Å². The molecule has 1 aromatic carbocycles. The maximum Gasteiger partial charge on any atom is 0.313 e. The topological polar surface area (TPSA) is 79.9 Å². The van der Waals surface area contributed by atoms with E-state index in [1.165, 1.54) is 14.2 Å². The Morgan fingerprint density at radius 2 is 2.04 bits per heavy atom. The largest absolute Gasteiger partial charge is 0.497 e. The number of nitrogens with zero attached hydrogens (tertiary/aromatic N) is 1. The Kier molecular flexibility index (Phi) is 6.43. The van der Waals surface area contributed by atoms with Crippen molar-refractivity contribution < 1.29 is 19.1 Å². The summed E-state index contributed by atoms with van der Waals surface area (Å²) in [6.45, 7) is 4.58. The molecule has 1 aromatic rings. The first-order valence-corrected chi connectivity index (χ1v) is 8.14. The third-order valence-electron chi connectivity index (χ3n) is 4.26. The summed E-state index contributed by atoms with van der Waals surface area (Å²) >= 11 is 0. The van der Waals surface area contributed by atoms with Crippen LogP contribution in [-0.2, 0) is 9.59 Å². The van der Waals surface area contributed by atoms with Crippen LogP contribution in [0.4, 0.5) is 5.69 Å². The van der Waals surface area contributed by atoms with Crippen molar-refractivity contribution in [1.29, 1.82) is 0 Å². The Labute approximate surface area is 142 Å². The molecule has 24 heavy (non-hydrogen) atoms. The lowest BCUT2D eigenvalue weighted by Gasteiger charge is -2.22. The van der Waals surface area contributed by atoms with Crippen molar-refractivity contribution in [2.75, 3.05) is 39.2 Å². The molecule has 0 radical (unpaired) electrons. The summed E-state index contributed by atoms with van der Waals surface area (Å²) in [6.07, 6.45) is 2.17. The summed E-state index contributed by atoms with van der Waals surface area (Å²) in [5.74, 6) is -0.341. The van der Waals surface area contributed by atoms with Crippen molar-refractivity contribution >= 4 is 17.5 Å². The summed E-state index contributed by atoms with van der Waals surface area (Å²) in [5.41, 5.74) is 0.396. The van der Waals surface area contributed by atoms with Crippen LogP contribution in [0.1, 0.15) is 19.8 Å². The average molecular weight is 335 g/mol. The van der Waals surface area contributed by atoms with E-state index >= 15 is 0 Å². The molecule has 2 N–H and O–H groups in total. The quantitative estimate of drug-likeness (QED) is 0.765. The number of hydrogen-bond acceptors (Lipinski definition) is 5. The normalized spacial score (nSPS) is 17.4. The second kappa shape index (κ2) is 8.54. The third-order valence-corrected chi connectivity index (χ3v) is 4.26. The lowest BCUT2D eigenvalue weighted by Crippen LogP contribution is -2.43. The number of amides is 2. The molecule has 1 saturated heterocycles. The Bertz CT molecular complexity index is 591. The van der Waals surface area contributed by atoms with Gasteiger partial charge in [-0.3, -0.25) is 14.5 Å². The Hall–Kier alpha value is -2.28. The predicted octanol–water partition coefficient (Wildman–Crippen LogP) is 1.24. The SMILES string of the molecule is CCN1CCC[C@@H]1CNC(=O)C(=O)Nc1cc(OC)ccc1OC. The first-order chi connectivity index (χ1) is 11.6. The Morgan fingerprint density at radius 1 is 1.25 bits per heavy atom. The van der Waals surface area contributed by atoms with Crippen LogP contribution in [0.5, 0.6) is 11.5 Å². The molecule has 2 rings (SSSR count). The molecule has 1 aliphatic heterocycles. The van der Waals surface area contributed by atoms with Crippen LogP contribution in [-0.4, -0.2) is 56.6 Å². The van der Waals surface area contributed by atoms with Gasteiger partial charge in [-0.05, 0) is 38.1 Å². The molecule has 0 aromatic heterocycles. The highest BCUT2D eigenvalue weighted by atomic mass is 16.5. The number of methoxy groups -OCH3 is 2. The van der Waals surface area contributed by atoms with Gasteiger partial charge >= 0.3 is 11.8 Å². The fourth-order valence-corrected chi connectivity index (χ4v) is 2.92. The van der Waals surface area contributed by atoms with Gasteiger partial charge in [0.05, 0.1) is 19.9 Å². The molecular formula is C17H25N3O4. The van der Waals surface area contributed by atoms with Crippen molar-refractivity contribution in [3.63, 3.8) is 0 Å². The van der Waals surface area contributed by atoms with Gasteiger partial charge in [0, 0.05) is 18.7 Å². The van der Waals surface area contributed by atoms with Crippen molar-refractivity contribution in [1.82, 2.24) is 10.2 Å². The number of carbonyl (C=O) groups excluding carboxylic acids is 2. The van der Waals surface area contributed by atoms with Crippen molar-refractivity contribution in [3.8, 4) is 11.5 Å². The number of anilines is 1. The van der Waals surface area contributed by atoms with Crippen molar-refractivity contribution in [2.45, 2.75) is 25.8 Å². The van der Waals surface area contributed by atoms with Gasteiger partial charge in [-0.15, -0.1) is 0 Å². The van der Waals surface area contributed by atoms with Gasteiger partial charge in [0.25, 0.3) is 0 Å². The zero-order valence-electron chi connectivity index (χ0n) is 14.4. The molecule has 0 spiro atoms. The van der Waals surface area contributed by atoms with E-state index in [9.17, 15) is 9.59 Å². The standard InChI is InChI=1S/C17H25N3O4/c1-4-20-9-5-6-12(20)11-18-16(21)17(22)19-14-10-13(23-2)7-8-15(14)24-3/h7-8,10,12H,4-6,9,11H2,1-3H3,(H,18,21)(H,19,22)/t12-/m1/s1. The van der Waals surface area contributed by atoms with Crippen LogP contribution in [0.2, 0.25) is 0 Å². The highest BCUT2D eigenvalue weighted by molar-refractivity contribution is 6.39. The van der Waals surface area contributed by atoms with E-state index in [0.717, 1.165) is 25.9 Å². The van der Waals surface area contributed by atoms with Crippen LogP contribution >= 0.6 is 0 Å². The van der Waals surface area contributed by atoms with E-state index in [4.69, 9.17) is 9.47 Å². The number of hydrogen-bond donors (Lipinski definition) is 2. The lowest BCUT2D eigenvalue weighted by atomic mass is 10.2. The van der Waals surface area contributed by atoms with E-state index < -0.39 is 11.8 Å². The zero-order chi connectivity index (χ0) is 17.5. The molecular weight excluding hydrogens is 310 g/mol. The van der Waals surface area contributed by atoms with E-state index in [-0.39, 0.29) is 0 Å². The molecule has 0 saturated carbocycles. The number of likely N-dealkylation sites (tertiary alicyclic amines) is 1. The fraction of sp³-hybridized carbons (Fsp3) is 0.529. The maximum absolute atomic E-state index is 12.1. The summed E-state index contributed by atoms with van der Waals surface area (Å²) in [7, 11) is 3.03. The molecule has 132 valence electrons. The zero-order valence-corrected chi connectivity index (χ0v) is 14.4. The molecule has 1 fully saturated rings. The van der Waals surface area contributed by atoms with E-state index in [0.29, 0.717) is 29.8 Å². The maximum atomic E-state index is 12.1. The number of nitrogens with one attached hydrogen (secondary N) is 2. The number of carbonyl (C=O) groups is 2. The molecule has 7 nitrogen and oxygen atoms in total. The first kappa shape index (κ1) is 18.1. The van der Waals surface area contributed by atoms with Crippen molar-refractivity contribution in [3.05, 3.63) is 18.2 Å². The highest BCUT2D eigenvalue weighted by Crippen LogP contribution is 2.28. The molecule has 2 amide bonds. The van der Waals surface area contributed by atoms with Gasteiger partial charge < -0.3 is 20.1 Å². The van der Waals surface area contributed by atoms with Crippen molar-refractivity contribution in [2.24, 2.45) is 0 Å². The minimum atomic E-state index is -0.720. The van der Waals surface area contributed by atoms with Crippen LogP contribution in [0, 0.1) is 0 Å². The molecule has 1 aliphatic rings. The molecule has 0 unspecified atom stereocenters. The van der Waals surface area contributed by atoms with E-state index in [1.807, 2.05) is 0 Å². The third kappa shape index (κ3) is 4.38. The molecule has 7 heteroatoms. The molecule has 0 bridgehead atoms. The van der Waals surface area contributed by atoms with E-state index in [2.05, 4.69) is 22.5 Å².